The van der Waals surface area contributed by atoms with Gasteiger partial charge in [-0.25, -0.2) is 9.67 Å². The van der Waals surface area contributed by atoms with Crippen molar-refractivity contribution in [1.82, 2.24) is 24.6 Å². The average molecular weight is 281 g/mol. The summed E-state index contributed by atoms with van der Waals surface area (Å²) < 4.78 is 3.94. The van der Waals surface area contributed by atoms with Gasteiger partial charge in [0.05, 0.1) is 12.0 Å². The fourth-order valence-electron chi connectivity index (χ4n) is 2.26. The van der Waals surface area contributed by atoms with E-state index < -0.39 is 0 Å². The monoisotopic (exact) mass is 281 g/mol. The lowest BCUT2D eigenvalue weighted by atomic mass is 10.2. The van der Waals surface area contributed by atoms with E-state index in [-0.39, 0.29) is 0 Å². The third kappa shape index (κ3) is 3.58. The number of benzene rings is 1. The maximum Gasteiger partial charge on any atom is 0.0946 e. The second-order valence-electron chi connectivity index (χ2n) is 5.16. The van der Waals surface area contributed by atoms with Crippen molar-refractivity contribution in [2.45, 2.75) is 26.1 Å². The summed E-state index contributed by atoms with van der Waals surface area (Å²) in [5.41, 5.74) is 2.35. The number of imidazole rings is 1. The van der Waals surface area contributed by atoms with Crippen LogP contribution in [0.5, 0.6) is 0 Å². The maximum absolute atomic E-state index is 4.22. The molecule has 2 aromatic heterocycles. The van der Waals surface area contributed by atoms with Crippen molar-refractivity contribution in [3.05, 3.63) is 67.0 Å². The number of nitrogens with zero attached hydrogens (tertiary/aromatic N) is 4. The number of hydrogen-bond acceptors (Lipinski definition) is 3. The van der Waals surface area contributed by atoms with Crippen LogP contribution in [0.25, 0.3) is 5.69 Å². The van der Waals surface area contributed by atoms with Crippen LogP contribution < -0.4 is 5.32 Å². The van der Waals surface area contributed by atoms with Gasteiger partial charge in [0, 0.05) is 43.9 Å². The summed E-state index contributed by atoms with van der Waals surface area (Å²) in [5.74, 6) is 0. The molecule has 0 spiro atoms. The molecular weight excluding hydrogens is 262 g/mol. The van der Waals surface area contributed by atoms with Crippen LogP contribution in [0.15, 0.2) is 61.4 Å². The zero-order chi connectivity index (χ0) is 14.5. The standard InChI is InChI=1S/C16H19N5/c1-14(12-20-10-8-17-13-20)18-11-15-3-5-16(6-4-15)21-9-2-7-19-21/h2-10,13-14,18H,11-12H2,1H3/t14-/m0/s1. The molecule has 1 atom stereocenters. The Balaban J connectivity index is 1.53. The van der Waals surface area contributed by atoms with E-state index in [0.717, 1.165) is 18.8 Å². The Labute approximate surface area is 124 Å². The molecule has 5 nitrogen and oxygen atoms in total. The van der Waals surface area contributed by atoms with Gasteiger partial charge in [0.2, 0.25) is 0 Å². The zero-order valence-corrected chi connectivity index (χ0v) is 12.1. The van der Waals surface area contributed by atoms with Crippen LogP contribution in [0.1, 0.15) is 12.5 Å². The van der Waals surface area contributed by atoms with E-state index in [4.69, 9.17) is 0 Å². The zero-order valence-electron chi connectivity index (χ0n) is 12.1. The van der Waals surface area contributed by atoms with Gasteiger partial charge in [0.1, 0.15) is 0 Å². The first-order chi connectivity index (χ1) is 10.3. The second-order valence-corrected chi connectivity index (χ2v) is 5.16. The highest BCUT2D eigenvalue weighted by atomic mass is 15.3. The van der Waals surface area contributed by atoms with E-state index >= 15 is 0 Å². The van der Waals surface area contributed by atoms with Crippen LogP contribution >= 0.6 is 0 Å². The molecule has 2 heterocycles. The van der Waals surface area contributed by atoms with Gasteiger partial charge in [-0.1, -0.05) is 12.1 Å². The van der Waals surface area contributed by atoms with Gasteiger partial charge in [0.25, 0.3) is 0 Å². The van der Waals surface area contributed by atoms with Crippen LogP contribution in [0.4, 0.5) is 0 Å². The number of aromatic nitrogens is 4. The molecule has 0 aliphatic rings. The van der Waals surface area contributed by atoms with Gasteiger partial charge in [0.15, 0.2) is 0 Å². The van der Waals surface area contributed by atoms with Crippen LogP contribution in [0, 0.1) is 0 Å². The molecule has 0 aliphatic heterocycles. The van der Waals surface area contributed by atoms with Crippen molar-refractivity contribution in [3.63, 3.8) is 0 Å². The summed E-state index contributed by atoms with van der Waals surface area (Å²) >= 11 is 0. The Morgan fingerprint density at radius 2 is 2.00 bits per heavy atom. The summed E-state index contributed by atoms with van der Waals surface area (Å²) in [6, 6.07) is 10.8. The first kappa shape index (κ1) is 13.6. The molecule has 1 N–H and O–H groups in total. The van der Waals surface area contributed by atoms with Crippen molar-refractivity contribution >= 4 is 0 Å². The van der Waals surface area contributed by atoms with Gasteiger partial charge < -0.3 is 9.88 Å². The Morgan fingerprint density at radius 1 is 1.14 bits per heavy atom. The van der Waals surface area contributed by atoms with Crippen LogP contribution in [-0.4, -0.2) is 25.4 Å². The molecule has 0 amide bonds. The Morgan fingerprint density at radius 3 is 2.67 bits per heavy atom. The van der Waals surface area contributed by atoms with Gasteiger partial charge in [-0.05, 0) is 30.7 Å². The van der Waals surface area contributed by atoms with Crippen LogP contribution in [0.3, 0.4) is 0 Å². The number of nitrogens with one attached hydrogen (secondary N) is 1. The van der Waals surface area contributed by atoms with Crippen molar-refractivity contribution in [3.8, 4) is 5.69 Å². The van der Waals surface area contributed by atoms with Gasteiger partial charge in [-0.2, -0.15) is 5.10 Å². The predicted molar refractivity (Wildman–Crippen MR) is 82.1 cm³/mol. The predicted octanol–water partition coefficient (Wildman–Crippen LogP) is 2.25. The van der Waals surface area contributed by atoms with E-state index in [1.807, 2.05) is 29.5 Å². The summed E-state index contributed by atoms with van der Waals surface area (Å²) in [6.45, 7) is 3.96. The topological polar surface area (TPSA) is 47.7 Å². The highest BCUT2D eigenvalue weighted by Crippen LogP contribution is 2.08. The molecule has 21 heavy (non-hydrogen) atoms. The Bertz CT molecular complexity index is 641. The average Bonchev–Trinajstić information content (AvgIpc) is 3.19. The summed E-state index contributed by atoms with van der Waals surface area (Å²) in [4.78, 5) is 4.05. The smallest absolute Gasteiger partial charge is 0.0946 e. The number of rotatable bonds is 6. The Hall–Kier alpha value is -2.40. The molecule has 0 saturated carbocycles. The number of hydrogen-bond donors (Lipinski definition) is 1. The van der Waals surface area contributed by atoms with Crippen molar-refractivity contribution in [2.24, 2.45) is 0 Å². The molecule has 0 aliphatic carbocycles. The van der Waals surface area contributed by atoms with Crippen molar-refractivity contribution < 1.29 is 0 Å². The van der Waals surface area contributed by atoms with E-state index in [9.17, 15) is 0 Å². The molecule has 3 rings (SSSR count). The molecule has 0 fully saturated rings. The van der Waals surface area contributed by atoms with Gasteiger partial charge in [-0.3, -0.25) is 0 Å². The Kier molecular flexibility index (Phi) is 4.12. The van der Waals surface area contributed by atoms with Gasteiger partial charge >= 0.3 is 0 Å². The minimum Gasteiger partial charge on any atom is -0.336 e. The quantitative estimate of drug-likeness (QED) is 0.754. The highest BCUT2D eigenvalue weighted by Gasteiger charge is 2.03. The van der Waals surface area contributed by atoms with Crippen molar-refractivity contribution in [1.29, 1.82) is 0 Å². The molecule has 108 valence electrons. The van der Waals surface area contributed by atoms with E-state index in [2.05, 4.69) is 51.2 Å². The normalized spacial score (nSPS) is 12.4. The fraction of sp³-hybridized carbons (Fsp3) is 0.250. The summed E-state index contributed by atoms with van der Waals surface area (Å²) in [6.07, 6.45) is 9.36. The van der Waals surface area contributed by atoms with E-state index in [0.29, 0.717) is 6.04 Å². The lowest BCUT2D eigenvalue weighted by molar-refractivity contribution is 0.476. The lowest BCUT2D eigenvalue weighted by Crippen LogP contribution is -2.29. The highest BCUT2D eigenvalue weighted by molar-refractivity contribution is 5.33. The van der Waals surface area contributed by atoms with E-state index in [1.165, 1.54) is 5.56 Å². The first-order valence-corrected chi connectivity index (χ1v) is 7.09. The maximum atomic E-state index is 4.22. The second kappa shape index (κ2) is 6.37. The SMILES string of the molecule is C[C@@H](Cn1ccnc1)NCc1ccc(-n2cccn2)cc1. The largest absolute Gasteiger partial charge is 0.336 e. The molecule has 0 bridgehead atoms. The minimum atomic E-state index is 0.394. The molecule has 0 unspecified atom stereocenters. The molecular formula is C16H19N5. The van der Waals surface area contributed by atoms with Gasteiger partial charge in [-0.15, -0.1) is 0 Å². The summed E-state index contributed by atoms with van der Waals surface area (Å²) in [7, 11) is 0. The molecule has 0 saturated heterocycles. The molecule has 5 heteroatoms. The fourth-order valence-corrected chi connectivity index (χ4v) is 2.26. The third-order valence-electron chi connectivity index (χ3n) is 3.40. The van der Waals surface area contributed by atoms with Crippen LogP contribution in [-0.2, 0) is 13.1 Å². The third-order valence-corrected chi connectivity index (χ3v) is 3.40. The summed E-state index contributed by atoms with van der Waals surface area (Å²) in [5, 5.41) is 7.74. The molecule has 0 radical (unpaired) electrons. The van der Waals surface area contributed by atoms with E-state index in [1.54, 1.807) is 12.4 Å². The molecule has 1 aromatic carbocycles. The first-order valence-electron chi connectivity index (χ1n) is 7.09. The minimum absolute atomic E-state index is 0.394. The lowest BCUT2D eigenvalue weighted by Gasteiger charge is -2.14. The van der Waals surface area contributed by atoms with Crippen LogP contribution in [0.2, 0.25) is 0 Å². The van der Waals surface area contributed by atoms with Crippen molar-refractivity contribution in [2.75, 3.05) is 0 Å². The molecule has 3 aromatic rings.